The molecule has 0 spiro atoms. The van der Waals surface area contributed by atoms with Crippen LogP contribution in [0.15, 0.2) is 35.4 Å². The van der Waals surface area contributed by atoms with Gasteiger partial charge in [-0.1, -0.05) is 11.6 Å². The Morgan fingerprint density at radius 1 is 1.50 bits per heavy atom. The molecule has 0 atom stereocenters. The van der Waals surface area contributed by atoms with Crippen LogP contribution in [0.5, 0.6) is 0 Å². The third-order valence-electron chi connectivity index (χ3n) is 3.08. The van der Waals surface area contributed by atoms with E-state index in [0.29, 0.717) is 15.9 Å². The summed E-state index contributed by atoms with van der Waals surface area (Å²) >= 11 is 5.93. The van der Waals surface area contributed by atoms with E-state index in [4.69, 9.17) is 11.6 Å². The molecule has 1 N–H and O–H groups in total. The molecule has 2 heterocycles. The Kier molecular flexibility index (Phi) is 3.49. The average molecular weight is 312 g/mol. The lowest BCUT2D eigenvalue weighted by Crippen LogP contribution is -2.11. The highest BCUT2D eigenvalue weighted by Gasteiger charge is 2.09. The Morgan fingerprint density at radius 2 is 2.32 bits per heavy atom. The number of nitriles is 1. The fraction of sp³-hybridized carbons (Fsp3) is 0.0667. The number of benzene rings is 1. The van der Waals surface area contributed by atoms with Gasteiger partial charge in [0.25, 0.3) is 5.56 Å². The smallest absolute Gasteiger partial charge is 0.259 e. The van der Waals surface area contributed by atoms with Gasteiger partial charge >= 0.3 is 0 Å². The highest BCUT2D eigenvalue weighted by Crippen LogP contribution is 2.18. The number of allylic oxidation sites excluding steroid dienone is 1. The minimum atomic E-state index is -0.316. The number of rotatable bonds is 2. The molecule has 3 aromatic rings. The summed E-state index contributed by atoms with van der Waals surface area (Å²) in [6.45, 7) is 0. The molecule has 0 saturated heterocycles. The summed E-state index contributed by atoms with van der Waals surface area (Å²) in [6, 6.07) is 6.86. The summed E-state index contributed by atoms with van der Waals surface area (Å²) in [5, 5.41) is 14.3. The van der Waals surface area contributed by atoms with Gasteiger partial charge < -0.3 is 4.98 Å². The van der Waals surface area contributed by atoms with Crippen LogP contribution in [0.3, 0.4) is 0 Å². The van der Waals surface area contributed by atoms with Gasteiger partial charge in [-0.05, 0) is 24.3 Å². The maximum absolute atomic E-state index is 12.1. The monoisotopic (exact) mass is 311 g/mol. The number of nitrogens with one attached hydrogen (secondary N) is 1. The van der Waals surface area contributed by atoms with Crippen LogP contribution in [0.4, 0.5) is 0 Å². The van der Waals surface area contributed by atoms with Crippen molar-refractivity contribution in [1.82, 2.24) is 19.7 Å². The van der Waals surface area contributed by atoms with Crippen molar-refractivity contribution in [3.05, 3.63) is 57.4 Å². The lowest BCUT2D eigenvalue weighted by atomic mass is 10.2. The maximum Gasteiger partial charge on any atom is 0.259 e. The quantitative estimate of drug-likeness (QED) is 0.736. The van der Waals surface area contributed by atoms with E-state index in [1.807, 2.05) is 6.07 Å². The van der Waals surface area contributed by atoms with Gasteiger partial charge in [-0.2, -0.15) is 10.4 Å². The standard InChI is InChI=1S/C15H10ClN5O/c1-21-8-9(7-18-21)4-10(6-17)14-19-13-5-11(16)2-3-12(13)15(22)20-14/h2-5,7-8H,1H3,(H,19,20,22). The predicted molar refractivity (Wildman–Crippen MR) is 84.1 cm³/mol. The first-order valence-corrected chi connectivity index (χ1v) is 6.75. The summed E-state index contributed by atoms with van der Waals surface area (Å²) in [5.41, 5.74) is 1.11. The number of hydrogen-bond acceptors (Lipinski definition) is 4. The first kappa shape index (κ1) is 14.0. The van der Waals surface area contributed by atoms with Gasteiger partial charge in [-0.25, -0.2) is 4.98 Å². The van der Waals surface area contributed by atoms with Crippen molar-refractivity contribution >= 4 is 34.2 Å². The first-order chi connectivity index (χ1) is 10.6. The Bertz CT molecular complexity index is 993. The Balaban J connectivity index is 2.18. The van der Waals surface area contributed by atoms with Gasteiger partial charge in [0, 0.05) is 23.8 Å². The highest BCUT2D eigenvalue weighted by molar-refractivity contribution is 6.31. The molecule has 3 rings (SSSR count). The van der Waals surface area contributed by atoms with E-state index >= 15 is 0 Å². The molecule has 6 nitrogen and oxygen atoms in total. The van der Waals surface area contributed by atoms with Crippen molar-refractivity contribution in [1.29, 1.82) is 5.26 Å². The second-order valence-corrected chi connectivity index (χ2v) is 5.13. The molecule has 22 heavy (non-hydrogen) atoms. The van der Waals surface area contributed by atoms with E-state index in [9.17, 15) is 10.1 Å². The Hall–Kier alpha value is -2.91. The van der Waals surface area contributed by atoms with E-state index in [1.54, 1.807) is 48.4 Å². The van der Waals surface area contributed by atoms with Crippen LogP contribution >= 0.6 is 11.6 Å². The van der Waals surface area contributed by atoms with Crippen LogP contribution in [0.1, 0.15) is 11.4 Å². The van der Waals surface area contributed by atoms with Crippen molar-refractivity contribution < 1.29 is 0 Å². The molecule has 2 aromatic heterocycles. The Morgan fingerprint density at radius 3 is 3.00 bits per heavy atom. The number of hydrogen-bond donors (Lipinski definition) is 1. The number of aromatic nitrogens is 4. The van der Waals surface area contributed by atoms with Gasteiger partial charge in [0.1, 0.15) is 6.07 Å². The first-order valence-electron chi connectivity index (χ1n) is 6.37. The number of fused-ring (bicyclic) bond motifs is 1. The van der Waals surface area contributed by atoms with Crippen molar-refractivity contribution in [3.8, 4) is 6.07 Å². The topological polar surface area (TPSA) is 87.4 Å². The van der Waals surface area contributed by atoms with Crippen molar-refractivity contribution in [2.45, 2.75) is 0 Å². The van der Waals surface area contributed by atoms with Gasteiger partial charge in [-0.15, -0.1) is 0 Å². The molecule has 0 aliphatic carbocycles. The number of nitrogens with zero attached hydrogens (tertiary/aromatic N) is 4. The highest BCUT2D eigenvalue weighted by atomic mass is 35.5. The molecule has 0 unspecified atom stereocenters. The van der Waals surface area contributed by atoms with E-state index in [2.05, 4.69) is 15.1 Å². The lowest BCUT2D eigenvalue weighted by Gasteiger charge is -2.02. The fourth-order valence-corrected chi connectivity index (χ4v) is 2.24. The third kappa shape index (κ3) is 2.62. The zero-order valence-electron chi connectivity index (χ0n) is 11.5. The minimum Gasteiger partial charge on any atom is -0.305 e. The molecule has 0 bridgehead atoms. The number of aryl methyl sites for hydroxylation is 1. The lowest BCUT2D eigenvalue weighted by molar-refractivity contribution is 0.767. The Labute approximate surface area is 130 Å². The zero-order valence-corrected chi connectivity index (χ0v) is 12.3. The molecule has 1 aromatic carbocycles. The van der Waals surface area contributed by atoms with Crippen LogP contribution in [0.25, 0.3) is 22.6 Å². The van der Waals surface area contributed by atoms with Gasteiger partial charge in [-0.3, -0.25) is 9.48 Å². The SMILES string of the molecule is Cn1cc(C=C(C#N)c2nc3cc(Cl)ccc3c(=O)[nH]2)cn1. The van der Waals surface area contributed by atoms with Crippen molar-refractivity contribution in [2.24, 2.45) is 7.05 Å². The van der Waals surface area contributed by atoms with Crippen LogP contribution in [-0.2, 0) is 7.05 Å². The largest absolute Gasteiger partial charge is 0.305 e. The number of H-pyrrole nitrogens is 1. The second-order valence-electron chi connectivity index (χ2n) is 4.69. The van der Waals surface area contributed by atoms with Crippen molar-refractivity contribution in [2.75, 3.05) is 0 Å². The van der Waals surface area contributed by atoms with E-state index in [1.165, 1.54) is 0 Å². The molecule has 0 saturated carbocycles. The molecule has 0 aliphatic rings. The van der Waals surface area contributed by atoms with E-state index in [-0.39, 0.29) is 17.0 Å². The zero-order chi connectivity index (χ0) is 15.7. The predicted octanol–water partition coefficient (Wildman–Crippen LogP) is 2.37. The summed E-state index contributed by atoms with van der Waals surface area (Å²) < 4.78 is 1.62. The normalized spacial score (nSPS) is 11.6. The van der Waals surface area contributed by atoms with Gasteiger partial charge in [0.2, 0.25) is 0 Å². The van der Waals surface area contributed by atoms with Crippen LogP contribution in [0, 0.1) is 11.3 Å². The number of aromatic amines is 1. The minimum absolute atomic E-state index is 0.200. The molecule has 0 radical (unpaired) electrons. The molecule has 0 amide bonds. The molecule has 7 heteroatoms. The summed E-state index contributed by atoms with van der Waals surface area (Å²) in [5.74, 6) is 0.200. The van der Waals surface area contributed by atoms with E-state index in [0.717, 1.165) is 5.56 Å². The van der Waals surface area contributed by atoms with E-state index < -0.39 is 0 Å². The van der Waals surface area contributed by atoms with Gasteiger partial charge in [0.05, 0.1) is 22.7 Å². The third-order valence-corrected chi connectivity index (χ3v) is 3.32. The second kappa shape index (κ2) is 5.47. The molecular weight excluding hydrogens is 302 g/mol. The molecule has 0 fully saturated rings. The summed E-state index contributed by atoms with van der Waals surface area (Å²) in [7, 11) is 1.78. The van der Waals surface area contributed by atoms with Crippen molar-refractivity contribution in [3.63, 3.8) is 0 Å². The fourth-order valence-electron chi connectivity index (χ4n) is 2.08. The number of halogens is 1. The molecule has 108 valence electrons. The summed E-state index contributed by atoms with van der Waals surface area (Å²) in [6.07, 6.45) is 4.99. The molecule has 0 aliphatic heterocycles. The summed E-state index contributed by atoms with van der Waals surface area (Å²) in [4.78, 5) is 19.0. The maximum atomic E-state index is 12.1. The molecular formula is C15H10ClN5O. The van der Waals surface area contributed by atoms with Gasteiger partial charge in [0.15, 0.2) is 5.82 Å². The van der Waals surface area contributed by atoms with Crippen LogP contribution in [-0.4, -0.2) is 19.7 Å². The van der Waals surface area contributed by atoms with Crippen LogP contribution < -0.4 is 5.56 Å². The average Bonchev–Trinajstić information content (AvgIpc) is 2.89. The van der Waals surface area contributed by atoms with Crippen LogP contribution in [0.2, 0.25) is 5.02 Å².